The average Bonchev–Trinajstić information content (AvgIpc) is 2.42. The fraction of sp³-hybridized carbons (Fsp3) is 0.200. The Kier molecular flexibility index (Phi) is 4.75. The van der Waals surface area contributed by atoms with Crippen LogP contribution in [-0.2, 0) is 6.54 Å². The minimum Gasteiger partial charge on any atom is -0.326 e. The predicted molar refractivity (Wildman–Crippen MR) is 81.4 cm³/mol. The van der Waals surface area contributed by atoms with Crippen molar-refractivity contribution >= 4 is 23.5 Å². The van der Waals surface area contributed by atoms with Crippen molar-refractivity contribution in [3.63, 3.8) is 0 Å². The molecule has 0 aromatic heterocycles. The summed E-state index contributed by atoms with van der Waals surface area (Å²) < 4.78 is 0. The Labute approximate surface area is 117 Å². The highest BCUT2D eigenvalue weighted by Gasteiger charge is 2.02. The van der Waals surface area contributed by atoms with Crippen LogP contribution in [0.1, 0.15) is 11.1 Å². The zero-order valence-electron chi connectivity index (χ0n) is 10.6. The molecule has 0 aliphatic rings. The van der Waals surface area contributed by atoms with Crippen LogP contribution in [-0.4, -0.2) is 6.26 Å². The molecule has 0 heterocycles. The molecule has 0 aliphatic carbocycles. The number of benzene rings is 2. The molecule has 0 unspecified atom stereocenters. The maximum atomic E-state index is 5.60. The van der Waals surface area contributed by atoms with Crippen LogP contribution in [0, 0.1) is 6.92 Å². The van der Waals surface area contributed by atoms with Gasteiger partial charge in [-0.25, -0.2) is 0 Å². The molecule has 0 saturated heterocycles. The molecule has 2 rings (SSSR count). The Morgan fingerprint density at radius 3 is 2.22 bits per heavy atom. The van der Waals surface area contributed by atoms with Gasteiger partial charge >= 0.3 is 0 Å². The Bertz CT molecular complexity index is 521. The lowest BCUT2D eigenvalue weighted by molar-refractivity contribution is 1.07. The third kappa shape index (κ3) is 3.31. The molecule has 2 aromatic carbocycles. The molecule has 0 amide bonds. The first kappa shape index (κ1) is 13.5. The van der Waals surface area contributed by atoms with E-state index in [0.29, 0.717) is 6.54 Å². The molecular weight excluding hydrogens is 258 g/mol. The van der Waals surface area contributed by atoms with E-state index >= 15 is 0 Å². The molecular formula is C15H17NS2. The van der Waals surface area contributed by atoms with E-state index in [1.54, 1.807) is 23.5 Å². The largest absolute Gasteiger partial charge is 0.326 e. The summed E-state index contributed by atoms with van der Waals surface area (Å²) in [5.41, 5.74) is 8.10. The van der Waals surface area contributed by atoms with Crippen molar-refractivity contribution in [1.29, 1.82) is 0 Å². The highest BCUT2D eigenvalue weighted by atomic mass is 32.2. The molecule has 2 N–H and O–H groups in total. The van der Waals surface area contributed by atoms with Crippen molar-refractivity contribution in [2.24, 2.45) is 5.73 Å². The van der Waals surface area contributed by atoms with Gasteiger partial charge in [-0.15, -0.1) is 11.8 Å². The third-order valence-electron chi connectivity index (χ3n) is 2.77. The maximum Gasteiger partial charge on any atom is 0.0178 e. The SMILES string of the molecule is CSc1ccc(Sc2ccc(CN)cc2)c(C)c1. The molecule has 0 radical (unpaired) electrons. The zero-order valence-corrected chi connectivity index (χ0v) is 12.3. The van der Waals surface area contributed by atoms with E-state index in [2.05, 4.69) is 55.6 Å². The van der Waals surface area contributed by atoms with E-state index in [4.69, 9.17) is 5.73 Å². The van der Waals surface area contributed by atoms with Crippen LogP contribution in [0.5, 0.6) is 0 Å². The molecule has 3 heteroatoms. The number of hydrogen-bond donors (Lipinski definition) is 1. The Morgan fingerprint density at radius 2 is 1.67 bits per heavy atom. The first-order chi connectivity index (χ1) is 8.72. The van der Waals surface area contributed by atoms with E-state index in [1.165, 1.54) is 25.8 Å². The number of rotatable bonds is 4. The lowest BCUT2D eigenvalue weighted by Crippen LogP contribution is -1.94. The van der Waals surface area contributed by atoms with Gasteiger partial charge < -0.3 is 5.73 Å². The monoisotopic (exact) mass is 275 g/mol. The van der Waals surface area contributed by atoms with E-state index < -0.39 is 0 Å². The summed E-state index contributed by atoms with van der Waals surface area (Å²) in [6, 6.07) is 15.1. The molecule has 0 aliphatic heterocycles. The fourth-order valence-corrected chi connectivity index (χ4v) is 3.06. The van der Waals surface area contributed by atoms with Crippen LogP contribution < -0.4 is 5.73 Å². The third-order valence-corrected chi connectivity index (χ3v) is 4.68. The molecule has 0 saturated carbocycles. The first-order valence-corrected chi connectivity index (χ1v) is 7.88. The van der Waals surface area contributed by atoms with Crippen molar-refractivity contribution < 1.29 is 0 Å². The smallest absolute Gasteiger partial charge is 0.0178 e. The highest BCUT2D eigenvalue weighted by molar-refractivity contribution is 7.99. The molecule has 0 spiro atoms. The second kappa shape index (κ2) is 6.32. The molecule has 0 atom stereocenters. The first-order valence-electron chi connectivity index (χ1n) is 5.84. The van der Waals surface area contributed by atoms with Crippen molar-refractivity contribution in [2.45, 2.75) is 28.2 Å². The van der Waals surface area contributed by atoms with Gasteiger partial charge in [0, 0.05) is 21.2 Å². The summed E-state index contributed by atoms with van der Waals surface area (Å²) in [4.78, 5) is 3.89. The summed E-state index contributed by atoms with van der Waals surface area (Å²) in [5.74, 6) is 0. The molecule has 18 heavy (non-hydrogen) atoms. The van der Waals surface area contributed by atoms with Crippen molar-refractivity contribution in [3.8, 4) is 0 Å². The number of hydrogen-bond acceptors (Lipinski definition) is 3. The van der Waals surface area contributed by atoms with Crippen LogP contribution >= 0.6 is 23.5 Å². The van der Waals surface area contributed by atoms with E-state index in [0.717, 1.165) is 0 Å². The van der Waals surface area contributed by atoms with E-state index in [1.807, 2.05) is 0 Å². The van der Waals surface area contributed by atoms with Crippen molar-refractivity contribution in [2.75, 3.05) is 6.26 Å². The quantitative estimate of drug-likeness (QED) is 0.841. The van der Waals surface area contributed by atoms with Crippen LogP contribution in [0.25, 0.3) is 0 Å². The van der Waals surface area contributed by atoms with Crippen LogP contribution in [0.3, 0.4) is 0 Å². The summed E-state index contributed by atoms with van der Waals surface area (Å²) in [6.07, 6.45) is 2.10. The van der Waals surface area contributed by atoms with E-state index in [-0.39, 0.29) is 0 Å². The van der Waals surface area contributed by atoms with Crippen molar-refractivity contribution in [3.05, 3.63) is 53.6 Å². The van der Waals surface area contributed by atoms with Crippen LogP contribution in [0.4, 0.5) is 0 Å². The van der Waals surface area contributed by atoms with Gasteiger partial charge in [0.05, 0.1) is 0 Å². The van der Waals surface area contributed by atoms with Gasteiger partial charge in [0.25, 0.3) is 0 Å². The molecule has 0 fully saturated rings. The van der Waals surface area contributed by atoms with Gasteiger partial charge in [-0.2, -0.15) is 0 Å². The number of aryl methyl sites for hydroxylation is 1. The minimum atomic E-state index is 0.604. The molecule has 2 aromatic rings. The maximum absolute atomic E-state index is 5.60. The Hall–Kier alpha value is -0.900. The van der Waals surface area contributed by atoms with Gasteiger partial charge in [0.15, 0.2) is 0 Å². The van der Waals surface area contributed by atoms with Gasteiger partial charge in [-0.3, -0.25) is 0 Å². The van der Waals surface area contributed by atoms with E-state index in [9.17, 15) is 0 Å². The van der Waals surface area contributed by atoms with Crippen molar-refractivity contribution in [1.82, 2.24) is 0 Å². The lowest BCUT2D eigenvalue weighted by atomic mass is 10.2. The minimum absolute atomic E-state index is 0.604. The van der Waals surface area contributed by atoms with Gasteiger partial charge in [-0.05, 0) is 54.6 Å². The van der Waals surface area contributed by atoms with Gasteiger partial charge in [0.1, 0.15) is 0 Å². The summed E-state index contributed by atoms with van der Waals surface area (Å²) >= 11 is 3.58. The standard InChI is InChI=1S/C15H17NS2/c1-11-9-14(17-2)7-8-15(11)18-13-5-3-12(10-16)4-6-13/h3-9H,10,16H2,1-2H3. The normalized spacial score (nSPS) is 10.6. The number of thioether (sulfide) groups is 1. The molecule has 1 nitrogen and oxygen atoms in total. The van der Waals surface area contributed by atoms with Crippen LogP contribution in [0.15, 0.2) is 57.2 Å². The molecule has 0 bridgehead atoms. The Balaban J connectivity index is 2.17. The summed E-state index contributed by atoms with van der Waals surface area (Å²) in [5, 5.41) is 0. The Morgan fingerprint density at radius 1 is 1.00 bits per heavy atom. The fourth-order valence-electron chi connectivity index (χ4n) is 1.68. The van der Waals surface area contributed by atoms with Crippen LogP contribution in [0.2, 0.25) is 0 Å². The zero-order chi connectivity index (χ0) is 13.0. The second-order valence-corrected chi connectivity index (χ2v) is 6.08. The average molecular weight is 275 g/mol. The summed E-state index contributed by atoms with van der Waals surface area (Å²) in [7, 11) is 0. The van der Waals surface area contributed by atoms with Gasteiger partial charge in [-0.1, -0.05) is 23.9 Å². The highest BCUT2D eigenvalue weighted by Crippen LogP contribution is 2.32. The second-order valence-electron chi connectivity index (χ2n) is 4.08. The lowest BCUT2D eigenvalue weighted by Gasteiger charge is -2.07. The van der Waals surface area contributed by atoms with Gasteiger partial charge in [0.2, 0.25) is 0 Å². The topological polar surface area (TPSA) is 26.0 Å². The number of nitrogens with two attached hydrogens (primary N) is 1. The summed E-state index contributed by atoms with van der Waals surface area (Å²) in [6.45, 7) is 2.77. The molecule has 94 valence electrons. The predicted octanol–water partition coefficient (Wildman–Crippen LogP) is 4.33.